The fourth-order valence-corrected chi connectivity index (χ4v) is 2.73. The van der Waals surface area contributed by atoms with Crippen molar-refractivity contribution >= 4 is 27.5 Å². The van der Waals surface area contributed by atoms with E-state index in [2.05, 4.69) is 28.0 Å². The first-order chi connectivity index (χ1) is 8.58. The van der Waals surface area contributed by atoms with E-state index in [1.54, 1.807) is 0 Å². The second-order valence-corrected chi connectivity index (χ2v) is 5.57. The Labute approximate surface area is 120 Å². The first-order valence-corrected chi connectivity index (χ1v) is 6.98. The molecule has 1 heterocycles. The largest absolute Gasteiger partial charge is 0.324 e. The maximum atomic E-state index is 6.20. The number of nitrogens with zero attached hydrogens (tertiary/aromatic N) is 2. The van der Waals surface area contributed by atoms with Crippen LogP contribution in [-0.4, -0.2) is 9.78 Å². The maximum absolute atomic E-state index is 6.20. The molecule has 0 fully saturated rings. The van der Waals surface area contributed by atoms with Crippen molar-refractivity contribution in [3.05, 3.63) is 51.2 Å². The van der Waals surface area contributed by atoms with Gasteiger partial charge in [0.1, 0.15) is 0 Å². The van der Waals surface area contributed by atoms with E-state index in [-0.39, 0.29) is 6.04 Å². The van der Waals surface area contributed by atoms with Crippen LogP contribution in [0.3, 0.4) is 0 Å². The molecular weight excluding hydrogens is 314 g/mol. The minimum absolute atomic E-state index is 0.0745. The van der Waals surface area contributed by atoms with Gasteiger partial charge in [0.25, 0.3) is 0 Å². The number of aromatic nitrogens is 2. The Morgan fingerprint density at radius 1 is 1.44 bits per heavy atom. The third kappa shape index (κ3) is 3.34. The van der Waals surface area contributed by atoms with Crippen molar-refractivity contribution in [1.82, 2.24) is 9.78 Å². The molecule has 0 radical (unpaired) electrons. The fourth-order valence-electron chi connectivity index (χ4n) is 1.85. The molecule has 1 unspecified atom stereocenters. The Kier molecular flexibility index (Phi) is 4.43. The molecule has 0 aliphatic heterocycles. The average molecular weight is 329 g/mol. The summed E-state index contributed by atoms with van der Waals surface area (Å²) in [6, 6.07) is 5.68. The molecule has 0 spiro atoms. The molecular formula is C13H15BrClN3. The summed E-state index contributed by atoms with van der Waals surface area (Å²) in [5.74, 6) is 0. The summed E-state index contributed by atoms with van der Waals surface area (Å²) < 4.78 is 2.85. The molecule has 0 aliphatic carbocycles. The van der Waals surface area contributed by atoms with Gasteiger partial charge in [-0.25, -0.2) is 0 Å². The van der Waals surface area contributed by atoms with E-state index in [0.717, 1.165) is 28.6 Å². The highest BCUT2D eigenvalue weighted by molar-refractivity contribution is 9.10. The van der Waals surface area contributed by atoms with Crippen LogP contribution < -0.4 is 5.73 Å². The van der Waals surface area contributed by atoms with Crippen molar-refractivity contribution in [3.8, 4) is 0 Å². The van der Waals surface area contributed by atoms with E-state index in [9.17, 15) is 0 Å². The number of rotatable bonds is 4. The summed E-state index contributed by atoms with van der Waals surface area (Å²) in [6.07, 6.45) is 4.65. The standard InChI is InChI=1S/C13H15BrClN3/c1-2-18-8-9(7-17-18)3-13(16)10-4-11(14)6-12(15)5-10/h4-8,13H,2-3,16H2,1H3. The van der Waals surface area contributed by atoms with Gasteiger partial charge < -0.3 is 5.73 Å². The molecule has 0 saturated heterocycles. The van der Waals surface area contributed by atoms with Crippen molar-refractivity contribution in [2.24, 2.45) is 5.73 Å². The lowest BCUT2D eigenvalue weighted by Gasteiger charge is -2.11. The molecule has 18 heavy (non-hydrogen) atoms. The molecule has 0 saturated carbocycles. The van der Waals surface area contributed by atoms with Crippen LogP contribution in [0.5, 0.6) is 0 Å². The summed E-state index contributed by atoms with van der Waals surface area (Å²) in [5.41, 5.74) is 8.36. The smallest absolute Gasteiger partial charge is 0.0522 e. The Morgan fingerprint density at radius 3 is 2.83 bits per heavy atom. The molecule has 0 amide bonds. The normalized spacial score (nSPS) is 12.7. The van der Waals surface area contributed by atoms with Gasteiger partial charge in [-0.15, -0.1) is 0 Å². The minimum atomic E-state index is -0.0745. The third-order valence-electron chi connectivity index (χ3n) is 2.78. The van der Waals surface area contributed by atoms with Gasteiger partial charge in [0, 0.05) is 28.3 Å². The van der Waals surface area contributed by atoms with Crippen LogP contribution in [0.2, 0.25) is 5.02 Å². The zero-order valence-corrected chi connectivity index (χ0v) is 12.4. The van der Waals surface area contributed by atoms with Gasteiger partial charge in [0.05, 0.1) is 6.20 Å². The highest BCUT2D eigenvalue weighted by Gasteiger charge is 2.10. The fraction of sp³-hybridized carbons (Fsp3) is 0.308. The van der Waals surface area contributed by atoms with Crippen molar-refractivity contribution in [2.75, 3.05) is 0 Å². The van der Waals surface area contributed by atoms with Crippen LogP contribution in [0.1, 0.15) is 24.1 Å². The van der Waals surface area contributed by atoms with E-state index in [1.807, 2.05) is 35.3 Å². The van der Waals surface area contributed by atoms with Crippen LogP contribution in [0.15, 0.2) is 35.1 Å². The molecule has 0 aliphatic rings. The Bertz CT molecular complexity index is 519. The first kappa shape index (κ1) is 13.6. The van der Waals surface area contributed by atoms with Crippen LogP contribution in [0.4, 0.5) is 0 Å². The second-order valence-electron chi connectivity index (χ2n) is 4.22. The highest BCUT2D eigenvalue weighted by Crippen LogP contribution is 2.24. The number of benzene rings is 1. The van der Waals surface area contributed by atoms with Crippen LogP contribution in [0, 0.1) is 0 Å². The quantitative estimate of drug-likeness (QED) is 0.932. The average Bonchev–Trinajstić information content (AvgIpc) is 2.75. The summed E-state index contributed by atoms with van der Waals surface area (Å²) in [5, 5.41) is 4.94. The molecule has 3 nitrogen and oxygen atoms in total. The molecule has 2 N–H and O–H groups in total. The van der Waals surface area contributed by atoms with Crippen LogP contribution in [-0.2, 0) is 13.0 Å². The monoisotopic (exact) mass is 327 g/mol. The maximum Gasteiger partial charge on any atom is 0.0522 e. The number of aryl methyl sites for hydroxylation is 1. The number of halogens is 2. The Morgan fingerprint density at radius 2 is 2.22 bits per heavy atom. The predicted octanol–water partition coefficient (Wildman–Crippen LogP) is 3.56. The van der Waals surface area contributed by atoms with E-state index in [1.165, 1.54) is 0 Å². The van der Waals surface area contributed by atoms with E-state index in [0.29, 0.717) is 5.02 Å². The van der Waals surface area contributed by atoms with Gasteiger partial charge in [0.15, 0.2) is 0 Å². The van der Waals surface area contributed by atoms with Gasteiger partial charge in [0.2, 0.25) is 0 Å². The van der Waals surface area contributed by atoms with E-state index in [4.69, 9.17) is 17.3 Å². The summed E-state index contributed by atoms with van der Waals surface area (Å²) >= 11 is 9.45. The molecule has 2 aromatic rings. The Hall–Kier alpha value is -0.840. The summed E-state index contributed by atoms with van der Waals surface area (Å²) in [7, 11) is 0. The summed E-state index contributed by atoms with van der Waals surface area (Å²) in [6.45, 7) is 2.93. The first-order valence-electron chi connectivity index (χ1n) is 5.81. The number of nitrogens with two attached hydrogens (primary N) is 1. The lowest BCUT2D eigenvalue weighted by atomic mass is 10.0. The second kappa shape index (κ2) is 5.87. The molecule has 5 heteroatoms. The van der Waals surface area contributed by atoms with Gasteiger partial charge in [-0.2, -0.15) is 5.10 Å². The predicted molar refractivity (Wildman–Crippen MR) is 77.7 cm³/mol. The lowest BCUT2D eigenvalue weighted by Crippen LogP contribution is -2.13. The van der Waals surface area contributed by atoms with Crippen LogP contribution in [0.25, 0.3) is 0 Å². The summed E-state index contributed by atoms with van der Waals surface area (Å²) in [4.78, 5) is 0. The van der Waals surface area contributed by atoms with Crippen LogP contribution >= 0.6 is 27.5 Å². The highest BCUT2D eigenvalue weighted by atomic mass is 79.9. The van der Waals surface area contributed by atoms with Crippen molar-refractivity contribution < 1.29 is 0 Å². The molecule has 1 atom stereocenters. The minimum Gasteiger partial charge on any atom is -0.324 e. The number of hydrogen-bond donors (Lipinski definition) is 1. The number of hydrogen-bond acceptors (Lipinski definition) is 2. The van der Waals surface area contributed by atoms with Crippen molar-refractivity contribution in [2.45, 2.75) is 25.9 Å². The lowest BCUT2D eigenvalue weighted by molar-refractivity contribution is 0.657. The van der Waals surface area contributed by atoms with Gasteiger partial charge in [-0.3, -0.25) is 4.68 Å². The van der Waals surface area contributed by atoms with E-state index >= 15 is 0 Å². The van der Waals surface area contributed by atoms with Crippen molar-refractivity contribution in [3.63, 3.8) is 0 Å². The zero-order valence-electron chi connectivity index (χ0n) is 10.1. The molecule has 96 valence electrons. The topological polar surface area (TPSA) is 43.8 Å². The molecule has 2 rings (SSSR count). The zero-order chi connectivity index (χ0) is 13.1. The molecule has 1 aromatic carbocycles. The third-order valence-corrected chi connectivity index (χ3v) is 3.46. The molecule has 1 aromatic heterocycles. The van der Waals surface area contributed by atoms with Gasteiger partial charge in [-0.05, 0) is 42.7 Å². The SMILES string of the molecule is CCn1cc(CC(N)c2cc(Cl)cc(Br)c2)cn1. The molecule has 0 bridgehead atoms. The Balaban J connectivity index is 2.13. The van der Waals surface area contributed by atoms with Gasteiger partial charge in [-0.1, -0.05) is 27.5 Å². The van der Waals surface area contributed by atoms with E-state index < -0.39 is 0 Å². The van der Waals surface area contributed by atoms with Crippen molar-refractivity contribution in [1.29, 1.82) is 0 Å². The van der Waals surface area contributed by atoms with Gasteiger partial charge >= 0.3 is 0 Å².